The van der Waals surface area contributed by atoms with Crippen LogP contribution in [0, 0.1) is 3.57 Å². The Balaban J connectivity index is 2.85. The fourth-order valence-electron chi connectivity index (χ4n) is 1.99. The van der Waals surface area contributed by atoms with E-state index in [0.29, 0.717) is 19.6 Å². The highest BCUT2D eigenvalue weighted by Gasteiger charge is 2.31. The lowest BCUT2D eigenvalue weighted by atomic mass is 10.1. The molecule has 0 aliphatic carbocycles. The predicted molar refractivity (Wildman–Crippen MR) is 81.8 cm³/mol. The largest absolute Gasteiger partial charge is 0.288 e. The lowest BCUT2D eigenvalue weighted by molar-refractivity contribution is 0.103. The van der Waals surface area contributed by atoms with Gasteiger partial charge in [0.05, 0.1) is 21.1 Å². The van der Waals surface area contributed by atoms with Gasteiger partial charge in [-0.05, 0) is 53.5 Å². The number of sulfone groups is 1. The molecule has 0 saturated heterocycles. The molecule has 1 aliphatic heterocycles. The SMILES string of the molecule is CSC1=C(C)CS(=O)(=O)c2cccc(I)c2C1=O. The van der Waals surface area contributed by atoms with Crippen LogP contribution in [0.25, 0.3) is 0 Å². The monoisotopic (exact) mass is 394 g/mol. The van der Waals surface area contributed by atoms with Crippen molar-refractivity contribution in [1.29, 1.82) is 0 Å². The molecule has 2 rings (SSSR count). The van der Waals surface area contributed by atoms with E-state index in [2.05, 4.69) is 0 Å². The minimum absolute atomic E-state index is 0.0813. The first-order valence-electron chi connectivity index (χ1n) is 5.18. The first kappa shape index (κ1) is 14.1. The van der Waals surface area contributed by atoms with Gasteiger partial charge in [-0.15, -0.1) is 11.8 Å². The summed E-state index contributed by atoms with van der Waals surface area (Å²) in [6.45, 7) is 1.71. The average Bonchev–Trinajstić information content (AvgIpc) is 2.34. The zero-order chi connectivity index (χ0) is 13.5. The number of ketones is 1. The van der Waals surface area contributed by atoms with Crippen LogP contribution in [0.4, 0.5) is 0 Å². The Morgan fingerprint density at radius 1 is 1.33 bits per heavy atom. The lowest BCUT2D eigenvalue weighted by Gasteiger charge is -2.07. The number of allylic oxidation sites excluding steroid dienone is 1. The quantitative estimate of drug-likeness (QED) is 0.688. The van der Waals surface area contributed by atoms with E-state index in [1.54, 1.807) is 25.3 Å². The van der Waals surface area contributed by atoms with Gasteiger partial charge >= 0.3 is 0 Å². The average molecular weight is 394 g/mol. The van der Waals surface area contributed by atoms with Crippen molar-refractivity contribution in [2.45, 2.75) is 11.8 Å². The fourth-order valence-corrected chi connectivity index (χ4v) is 5.38. The molecule has 0 atom stereocenters. The van der Waals surface area contributed by atoms with Gasteiger partial charge in [0.25, 0.3) is 0 Å². The summed E-state index contributed by atoms with van der Waals surface area (Å²) in [7, 11) is -3.42. The zero-order valence-corrected chi connectivity index (χ0v) is 13.6. The fraction of sp³-hybridized carbons (Fsp3) is 0.250. The number of rotatable bonds is 1. The highest BCUT2D eigenvalue weighted by molar-refractivity contribution is 14.1. The molecule has 0 bridgehead atoms. The second-order valence-electron chi connectivity index (χ2n) is 4.01. The summed E-state index contributed by atoms with van der Waals surface area (Å²) >= 11 is 3.32. The Morgan fingerprint density at radius 3 is 2.61 bits per heavy atom. The van der Waals surface area contributed by atoms with Crippen molar-refractivity contribution < 1.29 is 13.2 Å². The third kappa shape index (κ3) is 2.25. The maximum absolute atomic E-state index is 12.4. The number of halogens is 1. The van der Waals surface area contributed by atoms with Crippen molar-refractivity contribution in [3.8, 4) is 0 Å². The summed E-state index contributed by atoms with van der Waals surface area (Å²) in [4.78, 5) is 13.1. The molecule has 0 radical (unpaired) electrons. The normalized spacial score (nSPS) is 18.5. The van der Waals surface area contributed by atoms with Gasteiger partial charge in [0.15, 0.2) is 9.84 Å². The predicted octanol–water partition coefficient (Wildman–Crippen LogP) is 2.90. The maximum atomic E-state index is 12.4. The first-order valence-corrected chi connectivity index (χ1v) is 9.13. The third-order valence-corrected chi connectivity index (χ3v) is 6.41. The van der Waals surface area contributed by atoms with Gasteiger partial charge in [0.2, 0.25) is 5.78 Å². The van der Waals surface area contributed by atoms with Crippen molar-refractivity contribution in [2.24, 2.45) is 0 Å². The molecule has 0 unspecified atom stereocenters. The Labute approximate surface area is 124 Å². The summed E-state index contributed by atoms with van der Waals surface area (Å²) in [5, 5.41) is 0. The van der Waals surface area contributed by atoms with Gasteiger partial charge < -0.3 is 0 Å². The Hall–Kier alpha value is -0.340. The number of hydrogen-bond donors (Lipinski definition) is 0. The number of hydrogen-bond acceptors (Lipinski definition) is 4. The number of carbonyl (C=O) groups excluding carboxylic acids is 1. The minimum atomic E-state index is -3.42. The first-order chi connectivity index (χ1) is 8.38. The second-order valence-corrected chi connectivity index (χ2v) is 7.95. The Kier molecular flexibility index (Phi) is 3.89. The minimum Gasteiger partial charge on any atom is -0.288 e. The van der Waals surface area contributed by atoms with Crippen LogP contribution in [0.1, 0.15) is 17.3 Å². The van der Waals surface area contributed by atoms with E-state index in [4.69, 9.17) is 0 Å². The van der Waals surface area contributed by atoms with Crippen LogP contribution in [-0.4, -0.2) is 26.2 Å². The van der Waals surface area contributed by atoms with Gasteiger partial charge in [-0.3, -0.25) is 4.79 Å². The smallest absolute Gasteiger partial charge is 0.201 e. The molecule has 0 saturated carbocycles. The van der Waals surface area contributed by atoms with E-state index in [1.165, 1.54) is 17.8 Å². The van der Waals surface area contributed by atoms with Gasteiger partial charge in [-0.2, -0.15) is 0 Å². The van der Waals surface area contributed by atoms with Crippen LogP contribution < -0.4 is 0 Å². The molecule has 1 heterocycles. The van der Waals surface area contributed by atoms with E-state index >= 15 is 0 Å². The van der Waals surface area contributed by atoms with Crippen LogP contribution in [0.2, 0.25) is 0 Å². The summed E-state index contributed by atoms with van der Waals surface area (Å²) < 4.78 is 25.2. The number of thioether (sulfide) groups is 1. The zero-order valence-electron chi connectivity index (χ0n) is 9.86. The molecular formula is C12H11IO3S2. The molecule has 0 spiro atoms. The molecule has 1 aromatic carbocycles. The van der Waals surface area contributed by atoms with Crippen LogP contribution in [0.15, 0.2) is 33.6 Å². The van der Waals surface area contributed by atoms with Gasteiger partial charge in [-0.25, -0.2) is 8.42 Å². The van der Waals surface area contributed by atoms with Gasteiger partial charge in [0, 0.05) is 3.57 Å². The molecule has 0 fully saturated rings. The van der Waals surface area contributed by atoms with Crippen molar-refractivity contribution in [2.75, 3.05) is 12.0 Å². The molecule has 18 heavy (non-hydrogen) atoms. The summed E-state index contributed by atoms with van der Waals surface area (Å²) in [6.07, 6.45) is 1.80. The highest BCUT2D eigenvalue weighted by Crippen LogP contribution is 2.33. The molecule has 3 nitrogen and oxygen atoms in total. The van der Waals surface area contributed by atoms with E-state index in [0.717, 1.165) is 0 Å². The number of fused-ring (bicyclic) bond motifs is 1. The summed E-state index contributed by atoms with van der Waals surface area (Å²) in [5.41, 5.74) is 0.943. The van der Waals surface area contributed by atoms with Crippen LogP contribution in [0.3, 0.4) is 0 Å². The van der Waals surface area contributed by atoms with Gasteiger partial charge in [-0.1, -0.05) is 6.07 Å². The molecule has 1 aromatic rings. The third-order valence-electron chi connectivity index (χ3n) is 2.74. The lowest BCUT2D eigenvalue weighted by Crippen LogP contribution is -2.10. The standard InChI is InChI=1S/C12H11IO3S2/c1-7-6-18(15,16)9-5-3-4-8(13)10(9)11(14)12(7)17-2/h3-5H,6H2,1-2H3. The Bertz CT molecular complexity index is 660. The van der Waals surface area contributed by atoms with E-state index in [9.17, 15) is 13.2 Å². The van der Waals surface area contributed by atoms with Crippen LogP contribution >= 0.6 is 34.4 Å². The van der Waals surface area contributed by atoms with E-state index in [1.807, 2.05) is 22.6 Å². The van der Waals surface area contributed by atoms with Crippen molar-refractivity contribution in [3.63, 3.8) is 0 Å². The number of Topliss-reactive ketones (excluding diaryl/α,β-unsaturated/α-hetero) is 1. The number of benzene rings is 1. The molecular weight excluding hydrogens is 383 g/mol. The topological polar surface area (TPSA) is 51.2 Å². The summed E-state index contributed by atoms with van der Waals surface area (Å²) in [6, 6.07) is 4.94. The summed E-state index contributed by atoms with van der Waals surface area (Å²) in [5.74, 6) is -0.261. The molecule has 0 amide bonds. The molecule has 6 heteroatoms. The highest BCUT2D eigenvalue weighted by atomic mass is 127. The second kappa shape index (κ2) is 4.97. The number of carbonyl (C=O) groups is 1. The van der Waals surface area contributed by atoms with Crippen molar-refractivity contribution >= 4 is 50.0 Å². The van der Waals surface area contributed by atoms with Crippen LogP contribution in [0.5, 0.6) is 0 Å². The molecule has 96 valence electrons. The molecule has 1 aliphatic rings. The molecule has 0 N–H and O–H groups in total. The van der Waals surface area contributed by atoms with Crippen molar-refractivity contribution in [3.05, 3.63) is 37.8 Å². The molecule has 0 aromatic heterocycles. The van der Waals surface area contributed by atoms with Gasteiger partial charge in [0.1, 0.15) is 0 Å². The maximum Gasteiger partial charge on any atom is 0.201 e. The Morgan fingerprint density at radius 2 is 2.00 bits per heavy atom. The van der Waals surface area contributed by atoms with Crippen LogP contribution in [-0.2, 0) is 9.84 Å². The van der Waals surface area contributed by atoms with E-state index < -0.39 is 9.84 Å². The van der Waals surface area contributed by atoms with E-state index in [-0.39, 0.29) is 16.4 Å². The van der Waals surface area contributed by atoms with Crippen molar-refractivity contribution in [1.82, 2.24) is 0 Å².